The molecule has 0 spiro atoms. The summed E-state index contributed by atoms with van der Waals surface area (Å²) in [7, 11) is 0. The van der Waals surface area contributed by atoms with E-state index >= 15 is 0 Å². The monoisotopic (exact) mass is 274 g/mol. The van der Waals surface area contributed by atoms with Crippen molar-refractivity contribution in [2.45, 2.75) is 65.2 Å². The lowest BCUT2D eigenvalue weighted by molar-refractivity contribution is -0.109. The van der Waals surface area contributed by atoms with E-state index in [4.69, 9.17) is 4.74 Å². The third kappa shape index (κ3) is 2.36. The van der Waals surface area contributed by atoms with Crippen molar-refractivity contribution >= 4 is 6.29 Å². The highest BCUT2D eigenvalue weighted by Gasteiger charge is 2.39. The zero-order valence-corrected chi connectivity index (χ0v) is 13.6. The predicted molar refractivity (Wildman–Crippen MR) is 82.8 cm³/mol. The Kier molecular flexibility index (Phi) is 3.70. The number of carbonyl (C=O) groups is 1. The molecule has 0 bridgehead atoms. The highest BCUT2D eigenvalue weighted by Crippen LogP contribution is 2.49. The Hall–Kier alpha value is -1.31. The van der Waals surface area contributed by atoms with Crippen LogP contribution in [-0.2, 0) is 15.6 Å². The molecule has 2 heteroatoms. The van der Waals surface area contributed by atoms with Gasteiger partial charge in [-0.3, -0.25) is 4.79 Å². The van der Waals surface area contributed by atoms with Gasteiger partial charge in [-0.1, -0.05) is 27.7 Å². The normalized spacial score (nSPS) is 19.3. The molecular weight excluding hydrogens is 248 g/mol. The van der Waals surface area contributed by atoms with Gasteiger partial charge in [-0.15, -0.1) is 0 Å². The van der Waals surface area contributed by atoms with Gasteiger partial charge < -0.3 is 4.74 Å². The van der Waals surface area contributed by atoms with Crippen LogP contribution in [0.3, 0.4) is 0 Å². The Morgan fingerprint density at radius 1 is 1.10 bits per heavy atom. The van der Waals surface area contributed by atoms with Gasteiger partial charge in [-0.2, -0.15) is 0 Å². The first-order chi connectivity index (χ1) is 9.20. The molecule has 0 saturated heterocycles. The predicted octanol–water partition coefficient (Wildman–Crippen LogP) is 4.23. The average Bonchev–Trinajstić information content (AvgIpc) is 2.36. The first kappa shape index (κ1) is 15.1. The van der Waals surface area contributed by atoms with Crippen molar-refractivity contribution in [3.8, 4) is 5.75 Å². The minimum Gasteiger partial charge on any atom is -0.486 e. The van der Waals surface area contributed by atoms with E-state index in [-0.39, 0.29) is 17.4 Å². The Labute approximate surface area is 122 Å². The Morgan fingerprint density at radius 2 is 1.70 bits per heavy atom. The summed E-state index contributed by atoms with van der Waals surface area (Å²) in [6.45, 7) is 13.7. The lowest BCUT2D eigenvalue weighted by atomic mass is 9.61. The zero-order valence-electron chi connectivity index (χ0n) is 13.6. The van der Waals surface area contributed by atoms with Crippen LogP contribution in [0.5, 0.6) is 5.75 Å². The van der Waals surface area contributed by atoms with Crippen molar-refractivity contribution in [1.82, 2.24) is 0 Å². The summed E-state index contributed by atoms with van der Waals surface area (Å²) in [6, 6.07) is 2.17. The third-order valence-corrected chi connectivity index (χ3v) is 4.94. The number of hydrogen-bond donors (Lipinski definition) is 0. The van der Waals surface area contributed by atoms with Crippen LogP contribution in [0.25, 0.3) is 0 Å². The van der Waals surface area contributed by atoms with Crippen LogP contribution in [0.1, 0.15) is 62.8 Å². The highest BCUT2D eigenvalue weighted by molar-refractivity contribution is 5.56. The Balaban J connectivity index is 2.67. The first-order valence-electron chi connectivity index (χ1n) is 7.42. The van der Waals surface area contributed by atoms with Gasteiger partial charge in [-0.25, -0.2) is 0 Å². The molecule has 110 valence electrons. The summed E-state index contributed by atoms with van der Waals surface area (Å²) in [4.78, 5) is 10.6. The summed E-state index contributed by atoms with van der Waals surface area (Å²) in [6.07, 6.45) is 3.20. The standard InChI is InChI=1S/C18H26O2/c1-12-13(2)16-14(11-15(12)20-10-9-19)17(3,4)7-8-18(16,5)6/h9,11H,7-8,10H2,1-6H3. The van der Waals surface area contributed by atoms with Crippen molar-refractivity contribution in [2.24, 2.45) is 0 Å². The van der Waals surface area contributed by atoms with Crippen LogP contribution in [0.2, 0.25) is 0 Å². The topological polar surface area (TPSA) is 26.3 Å². The molecule has 1 aliphatic rings. The number of fused-ring (bicyclic) bond motifs is 1. The van der Waals surface area contributed by atoms with Crippen molar-refractivity contribution < 1.29 is 9.53 Å². The molecule has 0 unspecified atom stereocenters. The van der Waals surface area contributed by atoms with Crippen LogP contribution < -0.4 is 4.74 Å². The molecule has 0 fully saturated rings. The third-order valence-electron chi connectivity index (χ3n) is 4.94. The fourth-order valence-corrected chi connectivity index (χ4v) is 3.45. The Bertz CT molecular complexity index is 539. The lowest BCUT2D eigenvalue weighted by Crippen LogP contribution is -2.35. The first-order valence-corrected chi connectivity index (χ1v) is 7.42. The largest absolute Gasteiger partial charge is 0.486 e. The fourth-order valence-electron chi connectivity index (χ4n) is 3.45. The highest BCUT2D eigenvalue weighted by atomic mass is 16.5. The number of carbonyl (C=O) groups excluding carboxylic acids is 1. The summed E-state index contributed by atoms with van der Waals surface area (Å²) >= 11 is 0. The van der Waals surface area contributed by atoms with E-state index in [1.165, 1.54) is 29.5 Å². The number of aldehydes is 1. The smallest absolute Gasteiger partial charge is 0.157 e. The van der Waals surface area contributed by atoms with Gasteiger partial charge >= 0.3 is 0 Å². The number of benzene rings is 1. The Morgan fingerprint density at radius 3 is 2.30 bits per heavy atom. The summed E-state index contributed by atoms with van der Waals surface area (Å²) < 4.78 is 5.63. The van der Waals surface area contributed by atoms with Gasteiger partial charge in [0.05, 0.1) is 0 Å². The van der Waals surface area contributed by atoms with E-state index in [9.17, 15) is 4.79 Å². The molecule has 0 amide bonds. The molecular formula is C18H26O2. The number of hydrogen-bond acceptors (Lipinski definition) is 2. The average molecular weight is 274 g/mol. The summed E-state index contributed by atoms with van der Waals surface area (Å²) in [5.41, 5.74) is 5.73. The molecule has 1 aliphatic carbocycles. The summed E-state index contributed by atoms with van der Waals surface area (Å²) in [5, 5.41) is 0. The van der Waals surface area contributed by atoms with Crippen molar-refractivity contribution in [2.75, 3.05) is 6.61 Å². The van der Waals surface area contributed by atoms with E-state index in [1.54, 1.807) is 0 Å². The SMILES string of the molecule is Cc1c(OCC=O)cc2c(c1C)C(C)(C)CCC2(C)C. The van der Waals surface area contributed by atoms with Crippen LogP contribution in [0.4, 0.5) is 0 Å². The van der Waals surface area contributed by atoms with E-state index < -0.39 is 0 Å². The summed E-state index contributed by atoms with van der Waals surface area (Å²) in [5.74, 6) is 0.860. The molecule has 0 aliphatic heterocycles. The van der Waals surface area contributed by atoms with E-state index in [2.05, 4.69) is 47.6 Å². The maximum absolute atomic E-state index is 10.6. The van der Waals surface area contributed by atoms with Gasteiger partial charge in [0.15, 0.2) is 6.29 Å². The van der Waals surface area contributed by atoms with Gasteiger partial charge in [-0.05, 0) is 65.8 Å². The molecule has 1 aromatic rings. The van der Waals surface area contributed by atoms with Crippen LogP contribution in [0.15, 0.2) is 6.07 Å². The van der Waals surface area contributed by atoms with Gasteiger partial charge in [0, 0.05) is 0 Å². The van der Waals surface area contributed by atoms with Crippen molar-refractivity contribution in [3.63, 3.8) is 0 Å². The van der Waals surface area contributed by atoms with Crippen LogP contribution >= 0.6 is 0 Å². The van der Waals surface area contributed by atoms with Gasteiger partial charge in [0.25, 0.3) is 0 Å². The van der Waals surface area contributed by atoms with Gasteiger partial charge in [0.1, 0.15) is 12.4 Å². The minimum atomic E-state index is 0.128. The van der Waals surface area contributed by atoms with E-state index in [0.717, 1.165) is 17.6 Å². The lowest BCUT2D eigenvalue weighted by Gasteiger charge is -2.43. The molecule has 0 radical (unpaired) electrons. The second-order valence-corrected chi connectivity index (χ2v) is 7.29. The second-order valence-electron chi connectivity index (χ2n) is 7.29. The quantitative estimate of drug-likeness (QED) is 0.771. The number of rotatable bonds is 3. The molecule has 0 aromatic heterocycles. The number of ether oxygens (including phenoxy) is 1. The molecule has 2 rings (SSSR count). The van der Waals surface area contributed by atoms with E-state index in [1.807, 2.05) is 0 Å². The maximum atomic E-state index is 10.6. The molecule has 0 heterocycles. The second kappa shape index (κ2) is 4.91. The van der Waals surface area contributed by atoms with Crippen LogP contribution in [0, 0.1) is 13.8 Å². The molecule has 0 atom stereocenters. The van der Waals surface area contributed by atoms with Gasteiger partial charge in [0.2, 0.25) is 0 Å². The zero-order chi connectivity index (χ0) is 15.1. The molecule has 2 nitrogen and oxygen atoms in total. The molecule has 1 aromatic carbocycles. The van der Waals surface area contributed by atoms with Crippen molar-refractivity contribution in [1.29, 1.82) is 0 Å². The van der Waals surface area contributed by atoms with Crippen LogP contribution in [-0.4, -0.2) is 12.9 Å². The molecule has 0 N–H and O–H groups in total. The van der Waals surface area contributed by atoms with Crippen molar-refractivity contribution in [3.05, 3.63) is 28.3 Å². The fraction of sp³-hybridized carbons (Fsp3) is 0.611. The minimum absolute atomic E-state index is 0.128. The molecule has 0 saturated carbocycles. The molecule has 20 heavy (non-hydrogen) atoms. The maximum Gasteiger partial charge on any atom is 0.157 e. The van der Waals surface area contributed by atoms with E-state index in [0.29, 0.717) is 0 Å².